The monoisotopic (exact) mass is 254 g/mol. The van der Waals surface area contributed by atoms with E-state index in [2.05, 4.69) is 26.1 Å². The summed E-state index contributed by atoms with van der Waals surface area (Å²) in [7, 11) is 0. The molecule has 1 aromatic heterocycles. The number of nitrogens with zero attached hydrogens (tertiary/aromatic N) is 1. The van der Waals surface area contributed by atoms with Gasteiger partial charge in [0.25, 0.3) is 0 Å². The number of hydrogen-bond acceptors (Lipinski definition) is 2. The number of carboxylic acid groups (broad SMARTS) is 1. The van der Waals surface area contributed by atoms with Crippen molar-refractivity contribution in [2.75, 3.05) is 0 Å². The number of aromatic carboxylic acids is 1. The van der Waals surface area contributed by atoms with E-state index < -0.39 is 5.97 Å². The maximum atomic E-state index is 10.8. The first-order valence-electron chi connectivity index (χ1n) is 3.97. The standard InChI is InChI=1S/C9H7BrN2O2/c1-4-2-5(10)3-6-7(4)11-12-8(6)9(13)14/h2-3H,1H3,(H,11,12)(H,13,14). The average molecular weight is 255 g/mol. The molecule has 0 spiro atoms. The smallest absolute Gasteiger partial charge is 0.354 e. The van der Waals surface area contributed by atoms with Crippen molar-refractivity contribution in [3.8, 4) is 0 Å². The highest BCUT2D eigenvalue weighted by atomic mass is 79.9. The van der Waals surface area contributed by atoms with Gasteiger partial charge in [-0.05, 0) is 24.6 Å². The van der Waals surface area contributed by atoms with E-state index in [1.165, 1.54) is 0 Å². The Kier molecular flexibility index (Phi) is 2.03. The SMILES string of the molecule is Cc1cc(Br)cc2c(C(=O)O)[nH]nc12. The van der Waals surface area contributed by atoms with Crippen LogP contribution in [-0.2, 0) is 0 Å². The molecule has 2 rings (SSSR count). The number of nitrogens with one attached hydrogen (secondary N) is 1. The molecule has 0 saturated heterocycles. The largest absolute Gasteiger partial charge is 0.477 e. The predicted molar refractivity (Wildman–Crippen MR) is 55.5 cm³/mol. The van der Waals surface area contributed by atoms with Crippen molar-refractivity contribution in [1.82, 2.24) is 10.2 Å². The lowest BCUT2D eigenvalue weighted by molar-refractivity contribution is 0.0692. The number of aromatic nitrogens is 2. The van der Waals surface area contributed by atoms with Crippen molar-refractivity contribution in [3.05, 3.63) is 27.9 Å². The summed E-state index contributed by atoms with van der Waals surface area (Å²) in [4.78, 5) is 10.8. The molecule has 0 unspecified atom stereocenters. The third-order valence-corrected chi connectivity index (χ3v) is 2.49. The Balaban J connectivity index is 2.85. The van der Waals surface area contributed by atoms with Gasteiger partial charge in [0.1, 0.15) is 0 Å². The molecule has 14 heavy (non-hydrogen) atoms. The number of aryl methyl sites for hydroxylation is 1. The van der Waals surface area contributed by atoms with Gasteiger partial charge in [-0.1, -0.05) is 15.9 Å². The van der Waals surface area contributed by atoms with Gasteiger partial charge in [0.2, 0.25) is 0 Å². The Hall–Kier alpha value is -1.36. The highest BCUT2D eigenvalue weighted by molar-refractivity contribution is 9.10. The lowest BCUT2D eigenvalue weighted by Crippen LogP contribution is -1.96. The molecular formula is C9H7BrN2O2. The van der Waals surface area contributed by atoms with Gasteiger partial charge in [0.05, 0.1) is 5.52 Å². The molecule has 0 saturated carbocycles. The second-order valence-electron chi connectivity index (χ2n) is 3.02. The Morgan fingerprint density at radius 2 is 2.29 bits per heavy atom. The van der Waals surface area contributed by atoms with E-state index in [4.69, 9.17) is 5.11 Å². The molecule has 0 radical (unpaired) electrons. The molecule has 1 heterocycles. The summed E-state index contributed by atoms with van der Waals surface area (Å²) in [6.45, 7) is 1.89. The first kappa shape index (κ1) is 9.21. The maximum Gasteiger partial charge on any atom is 0.354 e. The van der Waals surface area contributed by atoms with Gasteiger partial charge in [-0.15, -0.1) is 0 Å². The number of carboxylic acids is 1. The summed E-state index contributed by atoms with van der Waals surface area (Å²) in [5.41, 5.74) is 1.77. The third kappa shape index (κ3) is 1.29. The molecular weight excluding hydrogens is 248 g/mol. The molecule has 0 aliphatic heterocycles. The molecule has 2 N–H and O–H groups in total. The average Bonchev–Trinajstić information content (AvgIpc) is 2.47. The van der Waals surface area contributed by atoms with Crippen LogP contribution in [0.1, 0.15) is 16.1 Å². The molecule has 72 valence electrons. The van der Waals surface area contributed by atoms with E-state index in [9.17, 15) is 4.79 Å². The van der Waals surface area contributed by atoms with Gasteiger partial charge in [0.15, 0.2) is 5.69 Å². The Morgan fingerprint density at radius 3 is 2.93 bits per heavy atom. The van der Waals surface area contributed by atoms with Gasteiger partial charge in [-0.2, -0.15) is 5.10 Å². The number of H-pyrrole nitrogens is 1. The summed E-state index contributed by atoms with van der Waals surface area (Å²) >= 11 is 3.32. The van der Waals surface area contributed by atoms with Crippen LogP contribution in [0.3, 0.4) is 0 Å². The van der Waals surface area contributed by atoms with Crippen molar-refractivity contribution in [2.24, 2.45) is 0 Å². The Bertz CT molecular complexity index is 519. The first-order chi connectivity index (χ1) is 6.59. The summed E-state index contributed by atoms with van der Waals surface area (Å²) < 4.78 is 0.853. The zero-order valence-corrected chi connectivity index (χ0v) is 8.92. The molecule has 0 fully saturated rings. The molecule has 5 heteroatoms. The molecule has 0 amide bonds. The highest BCUT2D eigenvalue weighted by Crippen LogP contribution is 2.24. The van der Waals surface area contributed by atoms with Crippen LogP contribution in [0.15, 0.2) is 16.6 Å². The van der Waals surface area contributed by atoms with Gasteiger partial charge in [-0.3, -0.25) is 5.10 Å². The molecule has 4 nitrogen and oxygen atoms in total. The van der Waals surface area contributed by atoms with Crippen LogP contribution in [0.4, 0.5) is 0 Å². The van der Waals surface area contributed by atoms with E-state index in [0.29, 0.717) is 10.9 Å². The molecule has 1 aromatic carbocycles. The van der Waals surface area contributed by atoms with Crippen LogP contribution in [0.5, 0.6) is 0 Å². The second-order valence-corrected chi connectivity index (χ2v) is 3.94. The van der Waals surface area contributed by atoms with Crippen molar-refractivity contribution < 1.29 is 9.90 Å². The number of benzene rings is 1. The number of carbonyl (C=O) groups is 1. The lowest BCUT2D eigenvalue weighted by Gasteiger charge is -1.96. The third-order valence-electron chi connectivity index (χ3n) is 2.03. The summed E-state index contributed by atoms with van der Waals surface area (Å²) in [5.74, 6) is -0.995. The number of hydrogen-bond donors (Lipinski definition) is 2. The second kappa shape index (κ2) is 3.09. The summed E-state index contributed by atoms with van der Waals surface area (Å²) in [6.07, 6.45) is 0. The number of rotatable bonds is 1. The number of fused-ring (bicyclic) bond motifs is 1. The van der Waals surface area contributed by atoms with Crippen LogP contribution < -0.4 is 0 Å². The lowest BCUT2D eigenvalue weighted by atomic mass is 10.1. The molecule has 0 aliphatic rings. The van der Waals surface area contributed by atoms with Crippen molar-refractivity contribution in [1.29, 1.82) is 0 Å². The van der Waals surface area contributed by atoms with Crippen LogP contribution in [0, 0.1) is 6.92 Å². The van der Waals surface area contributed by atoms with E-state index in [1.54, 1.807) is 6.07 Å². The molecule has 2 aromatic rings. The minimum atomic E-state index is -0.995. The van der Waals surface area contributed by atoms with E-state index in [1.807, 2.05) is 13.0 Å². The topological polar surface area (TPSA) is 66.0 Å². The van der Waals surface area contributed by atoms with Crippen molar-refractivity contribution >= 4 is 32.8 Å². The van der Waals surface area contributed by atoms with Gasteiger partial charge >= 0.3 is 5.97 Å². The van der Waals surface area contributed by atoms with Crippen LogP contribution in [0.25, 0.3) is 10.9 Å². The van der Waals surface area contributed by atoms with Crippen molar-refractivity contribution in [2.45, 2.75) is 6.92 Å². The number of aromatic amines is 1. The Morgan fingerprint density at radius 1 is 1.57 bits per heavy atom. The van der Waals surface area contributed by atoms with Crippen LogP contribution in [-0.4, -0.2) is 21.3 Å². The van der Waals surface area contributed by atoms with E-state index in [0.717, 1.165) is 10.0 Å². The fourth-order valence-corrected chi connectivity index (χ4v) is 1.98. The summed E-state index contributed by atoms with van der Waals surface area (Å²) in [5, 5.41) is 16.0. The summed E-state index contributed by atoms with van der Waals surface area (Å²) in [6, 6.07) is 3.64. The quantitative estimate of drug-likeness (QED) is 0.821. The van der Waals surface area contributed by atoms with Gasteiger partial charge < -0.3 is 5.11 Å². The minimum absolute atomic E-state index is 0.129. The zero-order valence-electron chi connectivity index (χ0n) is 7.34. The van der Waals surface area contributed by atoms with Gasteiger partial charge in [-0.25, -0.2) is 4.79 Å². The van der Waals surface area contributed by atoms with Crippen molar-refractivity contribution in [3.63, 3.8) is 0 Å². The Labute approximate surface area is 88.1 Å². The molecule has 0 aliphatic carbocycles. The van der Waals surface area contributed by atoms with Crippen LogP contribution in [0.2, 0.25) is 0 Å². The number of halogens is 1. The normalized spacial score (nSPS) is 10.7. The molecule has 0 atom stereocenters. The minimum Gasteiger partial charge on any atom is -0.477 e. The predicted octanol–water partition coefficient (Wildman–Crippen LogP) is 2.33. The highest BCUT2D eigenvalue weighted by Gasteiger charge is 2.13. The fourth-order valence-electron chi connectivity index (χ4n) is 1.41. The molecule has 0 bridgehead atoms. The fraction of sp³-hybridized carbons (Fsp3) is 0.111. The van der Waals surface area contributed by atoms with E-state index in [-0.39, 0.29) is 5.69 Å². The first-order valence-corrected chi connectivity index (χ1v) is 4.76. The van der Waals surface area contributed by atoms with E-state index >= 15 is 0 Å². The maximum absolute atomic E-state index is 10.8. The zero-order chi connectivity index (χ0) is 10.3. The van der Waals surface area contributed by atoms with Gasteiger partial charge in [0, 0.05) is 9.86 Å². The van der Waals surface area contributed by atoms with Crippen LogP contribution >= 0.6 is 15.9 Å².